The van der Waals surface area contributed by atoms with Gasteiger partial charge in [-0.05, 0) is 23.3 Å². The van der Waals surface area contributed by atoms with Gasteiger partial charge in [0.25, 0.3) is 0 Å². The molecule has 0 aliphatic carbocycles. The summed E-state index contributed by atoms with van der Waals surface area (Å²) < 4.78 is 27.2. The van der Waals surface area contributed by atoms with E-state index in [0.717, 1.165) is 28.8 Å². The number of carbonyl (C=O) groups is 1. The van der Waals surface area contributed by atoms with Crippen LogP contribution in [-0.2, 0) is 34.2 Å². The van der Waals surface area contributed by atoms with Gasteiger partial charge >= 0.3 is 0 Å². The molecule has 0 unspecified atom stereocenters. The third-order valence-electron chi connectivity index (χ3n) is 4.17. The molecular weight excluding hydrogens is 376 g/mol. The second kappa shape index (κ2) is 8.26. The Morgan fingerprint density at radius 2 is 1.82 bits per heavy atom. The molecule has 7 nitrogen and oxygen atoms in total. The van der Waals surface area contributed by atoms with Crippen molar-refractivity contribution in [2.45, 2.75) is 19.4 Å². The Balaban J connectivity index is 1.87. The van der Waals surface area contributed by atoms with Gasteiger partial charge in [0.1, 0.15) is 0 Å². The number of benzene rings is 2. The highest BCUT2D eigenvalue weighted by molar-refractivity contribution is 7.92. The predicted octanol–water partition coefficient (Wildman–Crippen LogP) is 1.92. The van der Waals surface area contributed by atoms with Gasteiger partial charge in [0, 0.05) is 18.7 Å². The van der Waals surface area contributed by atoms with Crippen LogP contribution in [0.4, 0.5) is 5.69 Å². The Kier molecular flexibility index (Phi) is 5.79. The quantitative estimate of drug-likeness (QED) is 0.604. The first-order valence-corrected chi connectivity index (χ1v) is 10.6. The number of aromatic nitrogens is 2. The molecule has 28 heavy (non-hydrogen) atoms. The summed E-state index contributed by atoms with van der Waals surface area (Å²) in [6.45, 7) is 0.448. The molecule has 0 atom stereocenters. The first-order valence-electron chi connectivity index (χ1n) is 8.72. The molecule has 2 aromatic carbocycles. The number of nitrogens with zero attached hydrogens (tertiary/aromatic N) is 2. The van der Waals surface area contributed by atoms with E-state index in [9.17, 15) is 13.2 Å². The third kappa shape index (κ3) is 5.43. The van der Waals surface area contributed by atoms with Crippen molar-refractivity contribution in [1.82, 2.24) is 9.55 Å². The Bertz CT molecular complexity index is 1080. The largest absolute Gasteiger partial charge is 0.369 e. The third-order valence-corrected chi connectivity index (χ3v) is 4.78. The smallest absolute Gasteiger partial charge is 0.229 e. The Morgan fingerprint density at radius 3 is 2.50 bits per heavy atom. The van der Waals surface area contributed by atoms with Crippen molar-refractivity contribution in [2.75, 3.05) is 11.0 Å². The van der Waals surface area contributed by atoms with Crippen LogP contribution in [0, 0.1) is 0 Å². The number of anilines is 1. The van der Waals surface area contributed by atoms with Crippen LogP contribution < -0.4 is 10.5 Å². The molecule has 146 valence electrons. The predicted molar refractivity (Wildman–Crippen MR) is 108 cm³/mol. The topological polar surface area (TPSA) is 107 Å². The second-order valence-electron chi connectivity index (χ2n) is 6.65. The van der Waals surface area contributed by atoms with Gasteiger partial charge < -0.3 is 10.3 Å². The highest BCUT2D eigenvalue weighted by Crippen LogP contribution is 2.18. The molecule has 0 fully saturated rings. The number of hydrogen-bond acceptors (Lipinski definition) is 4. The molecule has 8 heteroatoms. The molecule has 0 aliphatic heterocycles. The number of sulfonamides is 1. The van der Waals surface area contributed by atoms with Crippen LogP contribution in [0.3, 0.4) is 0 Å². The molecule has 3 aromatic rings. The minimum absolute atomic E-state index is 0.0868. The van der Waals surface area contributed by atoms with Crippen molar-refractivity contribution in [2.24, 2.45) is 5.73 Å². The van der Waals surface area contributed by atoms with Gasteiger partial charge in [-0.2, -0.15) is 0 Å². The number of amides is 1. The molecule has 1 heterocycles. The minimum Gasteiger partial charge on any atom is -0.369 e. The van der Waals surface area contributed by atoms with Crippen LogP contribution in [0.25, 0.3) is 0 Å². The molecule has 0 spiro atoms. The highest BCUT2D eigenvalue weighted by atomic mass is 32.2. The summed E-state index contributed by atoms with van der Waals surface area (Å²) in [6, 6.07) is 17.0. The molecule has 0 radical (unpaired) electrons. The van der Waals surface area contributed by atoms with Crippen molar-refractivity contribution in [3.63, 3.8) is 0 Å². The minimum atomic E-state index is -3.35. The zero-order chi connectivity index (χ0) is 20.1. The van der Waals surface area contributed by atoms with Crippen molar-refractivity contribution < 1.29 is 13.2 Å². The molecule has 0 aliphatic rings. The lowest BCUT2D eigenvalue weighted by Gasteiger charge is -2.11. The van der Waals surface area contributed by atoms with Gasteiger partial charge in [-0.15, -0.1) is 0 Å². The van der Waals surface area contributed by atoms with Crippen LogP contribution in [0.15, 0.2) is 60.9 Å². The molecule has 3 rings (SSSR count). The average Bonchev–Trinajstić information content (AvgIpc) is 2.96. The van der Waals surface area contributed by atoms with Gasteiger partial charge in [-0.25, -0.2) is 13.4 Å². The zero-order valence-corrected chi connectivity index (χ0v) is 16.3. The molecule has 1 amide bonds. The number of nitrogens with two attached hydrogens (primary N) is 1. The van der Waals surface area contributed by atoms with Crippen LogP contribution >= 0.6 is 0 Å². The van der Waals surface area contributed by atoms with Crippen LogP contribution in [0.5, 0.6) is 0 Å². The van der Waals surface area contributed by atoms with E-state index < -0.39 is 15.9 Å². The lowest BCUT2D eigenvalue weighted by Crippen LogP contribution is -2.18. The van der Waals surface area contributed by atoms with E-state index >= 15 is 0 Å². The summed E-state index contributed by atoms with van der Waals surface area (Å²) in [7, 11) is -3.35. The Hall–Kier alpha value is -3.13. The standard InChI is InChI=1S/C20H22N4O3S/c1-28(26,27)23-17-9-5-8-16(10-17)13-24-14-22-18(19(24)12-20(21)25)11-15-6-3-2-4-7-15/h2-10,14,23H,11-13H2,1H3,(H2,21,25). The monoisotopic (exact) mass is 398 g/mol. The summed E-state index contributed by atoms with van der Waals surface area (Å²) in [4.78, 5) is 16.1. The van der Waals surface area contributed by atoms with E-state index in [4.69, 9.17) is 5.73 Å². The lowest BCUT2D eigenvalue weighted by molar-refractivity contribution is -0.117. The van der Waals surface area contributed by atoms with Crippen LogP contribution in [0.1, 0.15) is 22.5 Å². The summed E-state index contributed by atoms with van der Waals surface area (Å²) in [6.07, 6.45) is 3.49. The maximum atomic E-state index is 11.6. The van der Waals surface area contributed by atoms with Gasteiger partial charge in [0.2, 0.25) is 15.9 Å². The number of nitrogens with one attached hydrogen (secondary N) is 1. The maximum Gasteiger partial charge on any atom is 0.229 e. The van der Waals surface area contributed by atoms with E-state index in [1.165, 1.54) is 0 Å². The zero-order valence-electron chi connectivity index (χ0n) is 15.5. The summed E-state index contributed by atoms with van der Waals surface area (Å²) in [5.74, 6) is -0.427. The molecule has 0 saturated carbocycles. The number of hydrogen-bond donors (Lipinski definition) is 2. The normalized spacial score (nSPS) is 11.3. The molecule has 1 aromatic heterocycles. The van der Waals surface area contributed by atoms with E-state index in [-0.39, 0.29) is 6.42 Å². The van der Waals surface area contributed by atoms with E-state index in [0.29, 0.717) is 18.7 Å². The molecule has 3 N–H and O–H groups in total. The SMILES string of the molecule is CS(=O)(=O)Nc1cccc(Cn2cnc(Cc3ccccc3)c2CC(N)=O)c1. The Morgan fingerprint density at radius 1 is 1.11 bits per heavy atom. The Labute approximate surface area is 164 Å². The fourth-order valence-electron chi connectivity index (χ4n) is 3.04. The fraction of sp³-hybridized carbons (Fsp3) is 0.200. The summed E-state index contributed by atoms with van der Waals surface area (Å²) >= 11 is 0. The van der Waals surface area contributed by atoms with Crippen LogP contribution in [-0.4, -0.2) is 30.1 Å². The first kappa shape index (κ1) is 19.6. The van der Waals surface area contributed by atoms with Crippen molar-refractivity contribution >= 4 is 21.6 Å². The second-order valence-corrected chi connectivity index (χ2v) is 8.39. The lowest BCUT2D eigenvalue weighted by atomic mass is 10.1. The fourth-order valence-corrected chi connectivity index (χ4v) is 3.59. The van der Waals surface area contributed by atoms with E-state index in [1.807, 2.05) is 41.0 Å². The number of primary amides is 1. The number of imidazole rings is 1. The molecular formula is C20H22N4O3S. The average molecular weight is 398 g/mol. The van der Waals surface area contributed by atoms with Gasteiger partial charge in [-0.3, -0.25) is 9.52 Å². The molecule has 0 bridgehead atoms. The van der Waals surface area contributed by atoms with E-state index in [1.54, 1.807) is 24.5 Å². The molecule has 0 saturated heterocycles. The van der Waals surface area contributed by atoms with Gasteiger partial charge in [-0.1, -0.05) is 42.5 Å². The van der Waals surface area contributed by atoms with Crippen LogP contribution in [0.2, 0.25) is 0 Å². The first-order chi connectivity index (χ1) is 13.3. The number of rotatable bonds is 8. The number of carbonyl (C=O) groups excluding carboxylic acids is 1. The maximum absolute atomic E-state index is 11.6. The van der Waals surface area contributed by atoms with E-state index in [2.05, 4.69) is 9.71 Å². The van der Waals surface area contributed by atoms with Crippen molar-refractivity contribution in [3.8, 4) is 0 Å². The highest BCUT2D eigenvalue weighted by Gasteiger charge is 2.14. The van der Waals surface area contributed by atoms with Gasteiger partial charge in [0.05, 0.1) is 30.4 Å². The summed E-state index contributed by atoms with van der Waals surface area (Å²) in [5.41, 5.74) is 9.47. The summed E-state index contributed by atoms with van der Waals surface area (Å²) in [5, 5.41) is 0. The van der Waals surface area contributed by atoms with Gasteiger partial charge in [0.15, 0.2) is 0 Å². The van der Waals surface area contributed by atoms with Crippen molar-refractivity contribution in [3.05, 3.63) is 83.4 Å². The van der Waals surface area contributed by atoms with Crippen molar-refractivity contribution in [1.29, 1.82) is 0 Å².